The Hall–Kier alpha value is -2.36. The summed E-state index contributed by atoms with van der Waals surface area (Å²) in [5, 5.41) is 0. The predicted octanol–water partition coefficient (Wildman–Crippen LogP) is 3.71. The van der Waals surface area contributed by atoms with Crippen molar-refractivity contribution in [2.24, 2.45) is 5.92 Å². The van der Waals surface area contributed by atoms with E-state index in [0.29, 0.717) is 30.0 Å². The number of benzene rings is 1. The first-order valence-corrected chi connectivity index (χ1v) is 7.58. The molecule has 0 saturated carbocycles. The van der Waals surface area contributed by atoms with Gasteiger partial charge in [-0.25, -0.2) is 0 Å². The molecule has 0 N–H and O–H groups in total. The van der Waals surface area contributed by atoms with Crippen molar-refractivity contribution in [3.8, 4) is 0 Å². The average molecular weight is 297 g/mol. The molecule has 22 heavy (non-hydrogen) atoms. The monoisotopic (exact) mass is 297 g/mol. The van der Waals surface area contributed by atoms with E-state index in [-0.39, 0.29) is 17.7 Å². The van der Waals surface area contributed by atoms with E-state index in [4.69, 9.17) is 4.42 Å². The van der Waals surface area contributed by atoms with Gasteiger partial charge in [0.05, 0.1) is 17.4 Å². The van der Waals surface area contributed by atoms with E-state index in [1.807, 2.05) is 12.1 Å². The number of hydrogen-bond donors (Lipinski definition) is 0. The maximum Gasteiger partial charge on any atom is 0.261 e. The summed E-state index contributed by atoms with van der Waals surface area (Å²) in [6.45, 7) is 4.65. The van der Waals surface area contributed by atoms with Crippen molar-refractivity contribution in [1.82, 2.24) is 4.90 Å². The highest BCUT2D eigenvalue weighted by Gasteiger charge is 2.35. The van der Waals surface area contributed by atoms with Crippen molar-refractivity contribution in [2.45, 2.75) is 26.2 Å². The van der Waals surface area contributed by atoms with Gasteiger partial charge in [-0.1, -0.05) is 26.0 Å². The number of imide groups is 1. The molecule has 0 fully saturated rings. The van der Waals surface area contributed by atoms with Crippen molar-refractivity contribution in [3.63, 3.8) is 0 Å². The Bertz CT molecular complexity index is 653. The molecule has 0 unspecified atom stereocenters. The zero-order valence-corrected chi connectivity index (χ0v) is 12.8. The molecule has 2 heterocycles. The van der Waals surface area contributed by atoms with E-state index in [9.17, 15) is 9.59 Å². The number of amides is 2. The lowest BCUT2D eigenvalue weighted by Gasteiger charge is -2.21. The zero-order valence-electron chi connectivity index (χ0n) is 12.8. The van der Waals surface area contributed by atoms with Gasteiger partial charge >= 0.3 is 0 Å². The number of furan rings is 1. The van der Waals surface area contributed by atoms with Crippen molar-refractivity contribution in [2.75, 3.05) is 6.54 Å². The Balaban J connectivity index is 1.75. The van der Waals surface area contributed by atoms with Gasteiger partial charge in [-0.05, 0) is 36.6 Å². The van der Waals surface area contributed by atoms with Gasteiger partial charge in [-0.2, -0.15) is 0 Å². The first-order chi connectivity index (χ1) is 10.6. The second-order valence-corrected chi connectivity index (χ2v) is 5.96. The SMILES string of the molecule is CC(C)[C@@H](CCN1C(=O)c2ccccc2C1=O)c1ccco1. The lowest BCUT2D eigenvalue weighted by molar-refractivity contribution is 0.0645. The number of carbonyl (C=O) groups is 2. The summed E-state index contributed by atoms with van der Waals surface area (Å²) >= 11 is 0. The fourth-order valence-corrected chi connectivity index (χ4v) is 3.02. The maximum atomic E-state index is 12.4. The van der Waals surface area contributed by atoms with Crippen LogP contribution in [0.15, 0.2) is 47.1 Å². The van der Waals surface area contributed by atoms with E-state index in [2.05, 4.69) is 13.8 Å². The van der Waals surface area contributed by atoms with E-state index in [1.165, 1.54) is 4.90 Å². The summed E-state index contributed by atoms with van der Waals surface area (Å²) in [4.78, 5) is 26.1. The molecule has 0 spiro atoms. The first-order valence-electron chi connectivity index (χ1n) is 7.58. The van der Waals surface area contributed by atoms with Crippen LogP contribution in [-0.2, 0) is 0 Å². The Morgan fingerprint density at radius 1 is 1.00 bits per heavy atom. The largest absolute Gasteiger partial charge is 0.469 e. The zero-order chi connectivity index (χ0) is 15.7. The van der Waals surface area contributed by atoms with Gasteiger partial charge in [0.25, 0.3) is 11.8 Å². The quantitative estimate of drug-likeness (QED) is 0.791. The number of nitrogens with zero attached hydrogens (tertiary/aromatic N) is 1. The van der Waals surface area contributed by atoms with Crippen molar-refractivity contribution < 1.29 is 14.0 Å². The number of fused-ring (bicyclic) bond motifs is 1. The fourth-order valence-electron chi connectivity index (χ4n) is 3.02. The van der Waals surface area contributed by atoms with E-state index in [0.717, 1.165) is 5.76 Å². The standard InChI is InChI=1S/C18H19NO3/c1-12(2)13(16-8-5-11-22-16)9-10-19-17(20)14-6-3-4-7-15(14)18(19)21/h3-8,11-13H,9-10H2,1-2H3/t13-/m1/s1. The van der Waals surface area contributed by atoms with Crippen LogP contribution < -0.4 is 0 Å². The van der Waals surface area contributed by atoms with Crippen molar-refractivity contribution in [1.29, 1.82) is 0 Å². The molecule has 1 aromatic heterocycles. The van der Waals surface area contributed by atoms with Gasteiger partial charge in [0.1, 0.15) is 5.76 Å². The van der Waals surface area contributed by atoms with Gasteiger partial charge in [0.2, 0.25) is 0 Å². The molecule has 1 aliphatic rings. The lowest BCUT2D eigenvalue weighted by Crippen LogP contribution is -2.32. The van der Waals surface area contributed by atoms with Gasteiger partial charge in [-0.15, -0.1) is 0 Å². The topological polar surface area (TPSA) is 50.5 Å². The summed E-state index contributed by atoms with van der Waals surface area (Å²) < 4.78 is 5.50. The molecular weight excluding hydrogens is 278 g/mol. The van der Waals surface area contributed by atoms with Crippen molar-refractivity contribution >= 4 is 11.8 Å². The number of rotatable bonds is 5. The summed E-state index contributed by atoms with van der Waals surface area (Å²) in [7, 11) is 0. The van der Waals surface area contributed by atoms with E-state index >= 15 is 0 Å². The molecule has 0 bridgehead atoms. The molecule has 1 aliphatic heterocycles. The normalized spacial score (nSPS) is 15.5. The molecule has 1 atom stereocenters. The molecule has 3 rings (SSSR count). The van der Waals surface area contributed by atoms with Crippen LogP contribution in [0.3, 0.4) is 0 Å². The minimum atomic E-state index is -0.192. The molecule has 2 aromatic rings. The van der Waals surface area contributed by atoms with Crippen LogP contribution in [-0.4, -0.2) is 23.3 Å². The molecule has 114 valence electrons. The maximum absolute atomic E-state index is 12.4. The molecule has 4 heteroatoms. The van der Waals surface area contributed by atoms with Crippen LogP contribution in [0.2, 0.25) is 0 Å². The minimum absolute atomic E-state index is 0.192. The van der Waals surface area contributed by atoms with Gasteiger partial charge in [-0.3, -0.25) is 14.5 Å². The Kier molecular flexibility index (Phi) is 3.84. The van der Waals surface area contributed by atoms with Gasteiger partial charge < -0.3 is 4.42 Å². The van der Waals surface area contributed by atoms with Crippen LogP contribution in [0, 0.1) is 5.92 Å². The predicted molar refractivity (Wildman–Crippen MR) is 82.7 cm³/mol. The van der Waals surface area contributed by atoms with Gasteiger partial charge in [0, 0.05) is 12.5 Å². The summed E-state index contributed by atoms with van der Waals surface area (Å²) in [5.41, 5.74) is 1.01. The molecule has 2 amide bonds. The average Bonchev–Trinajstić information content (AvgIpc) is 3.10. The Morgan fingerprint density at radius 2 is 1.64 bits per heavy atom. The summed E-state index contributed by atoms with van der Waals surface area (Å²) in [6.07, 6.45) is 2.36. The van der Waals surface area contributed by atoms with Crippen LogP contribution in [0.1, 0.15) is 52.7 Å². The molecule has 0 aliphatic carbocycles. The van der Waals surface area contributed by atoms with E-state index in [1.54, 1.807) is 30.5 Å². The number of hydrogen-bond acceptors (Lipinski definition) is 3. The Morgan fingerprint density at radius 3 is 2.14 bits per heavy atom. The van der Waals surface area contributed by atoms with Crippen LogP contribution in [0.5, 0.6) is 0 Å². The third-order valence-corrected chi connectivity index (χ3v) is 4.26. The Labute approximate surface area is 129 Å². The smallest absolute Gasteiger partial charge is 0.261 e. The van der Waals surface area contributed by atoms with Gasteiger partial charge in [0.15, 0.2) is 0 Å². The van der Waals surface area contributed by atoms with E-state index < -0.39 is 0 Å². The van der Waals surface area contributed by atoms with Crippen LogP contribution >= 0.6 is 0 Å². The molecule has 4 nitrogen and oxygen atoms in total. The summed E-state index contributed by atoms with van der Waals surface area (Å²) in [5.74, 6) is 1.09. The fraction of sp³-hybridized carbons (Fsp3) is 0.333. The molecule has 1 aromatic carbocycles. The molecule has 0 radical (unpaired) electrons. The molecule has 0 saturated heterocycles. The number of carbonyl (C=O) groups excluding carboxylic acids is 2. The second-order valence-electron chi connectivity index (χ2n) is 5.96. The highest BCUT2D eigenvalue weighted by atomic mass is 16.3. The van der Waals surface area contributed by atoms with Crippen molar-refractivity contribution in [3.05, 3.63) is 59.5 Å². The lowest BCUT2D eigenvalue weighted by atomic mass is 9.90. The highest BCUT2D eigenvalue weighted by molar-refractivity contribution is 6.21. The third kappa shape index (κ3) is 2.45. The van der Waals surface area contributed by atoms with Crippen LogP contribution in [0.25, 0.3) is 0 Å². The molecular formula is C18H19NO3. The third-order valence-electron chi connectivity index (χ3n) is 4.26. The minimum Gasteiger partial charge on any atom is -0.469 e. The second kappa shape index (κ2) is 5.79. The highest BCUT2D eigenvalue weighted by Crippen LogP contribution is 2.30. The van der Waals surface area contributed by atoms with Crippen LogP contribution in [0.4, 0.5) is 0 Å². The first kappa shape index (κ1) is 14.6. The summed E-state index contributed by atoms with van der Waals surface area (Å²) in [6, 6.07) is 10.8.